The van der Waals surface area contributed by atoms with E-state index >= 15 is 0 Å². The van der Waals surface area contributed by atoms with Gasteiger partial charge in [-0.2, -0.15) is 0 Å². The summed E-state index contributed by atoms with van der Waals surface area (Å²) in [5.74, 6) is 7.48. The molecule has 32 heavy (non-hydrogen) atoms. The molecule has 1 saturated heterocycles. The van der Waals surface area contributed by atoms with Crippen LogP contribution >= 0.6 is 11.3 Å². The van der Waals surface area contributed by atoms with Gasteiger partial charge in [-0.05, 0) is 63.8 Å². The third-order valence-corrected chi connectivity index (χ3v) is 6.30. The van der Waals surface area contributed by atoms with Gasteiger partial charge in [-0.15, -0.1) is 0 Å². The number of hydrogen-bond acceptors (Lipinski definition) is 6. The summed E-state index contributed by atoms with van der Waals surface area (Å²) in [6.07, 6.45) is 7.49. The molecule has 5 nitrogen and oxygen atoms in total. The van der Waals surface area contributed by atoms with E-state index in [4.69, 9.17) is 10.5 Å². The van der Waals surface area contributed by atoms with Crippen molar-refractivity contribution >= 4 is 22.3 Å². The molecule has 0 saturated carbocycles. The molecule has 1 fully saturated rings. The van der Waals surface area contributed by atoms with Crippen molar-refractivity contribution in [3.63, 3.8) is 0 Å². The van der Waals surface area contributed by atoms with Crippen molar-refractivity contribution in [3.8, 4) is 28.0 Å². The summed E-state index contributed by atoms with van der Waals surface area (Å²) in [6, 6.07) is 10.1. The zero-order chi connectivity index (χ0) is 22.6. The van der Waals surface area contributed by atoms with Gasteiger partial charge in [-0.3, -0.25) is 0 Å². The Morgan fingerprint density at radius 1 is 1.09 bits per heavy atom. The molecule has 3 aromatic rings. The fourth-order valence-electron chi connectivity index (χ4n) is 3.49. The van der Waals surface area contributed by atoms with Gasteiger partial charge in [0.2, 0.25) is 0 Å². The van der Waals surface area contributed by atoms with Crippen molar-refractivity contribution in [2.45, 2.75) is 46.6 Å². The molecule has 1 aromatic carbocycles. The van der Waals surface area contributed by atoms with Crippen LogP contribution in [0.2, 0.25) is 0 Å². The molecule has 2 aromatic heterocycles. The van der Waals surface area contributed by atoms with Crippen LogP contribution < -0.4 is 15.4 Å². The summed E-state index contributed by atoms with van der Waals surface area (Å²) in [7, 11) is 0. The van der Waals surface area contributed by atoms with Crippen molar-refractivity contribution in [3.05, 3.63) is 53.9 Å². The van der Waals surface area contributed by atoms with Crippen molar-refractivity contribution in [2.75, 3.05) is 23.7 Å². The van der Waals surface area contributed by atoms with Gasteiger partial charge < -0.3 is 15.4 Å². The number of pyridine rings is 1. The molecule has 1 aliphatic heterocycles. The first-order valence-electron chi connectivity index (χ1n) is 11.1. The first-order chi connectivity index (χ1) is 15.4. The molecule has 0 bridgehead atoms. The summed E-state index contributed by atoms with van der Waals surface area (Å²) in [4.78, 5) is 12.4. The van der Waals surface area contributed by atoms with Crippen molar-refractivity contribution < 1.29 is 4.74 Å². The Morgan fingerprint density at radius 2 is 1.91 bits per heavy atom. The zero-order valence-corrected chi connectivity index (χ0v) is 19.8. The Bertz CT molecular complexity index is 1130. The second-order valence-corrected chi connectivity index (χ2v) is 10.2. The zero-order valence-electron chi connectivity index (χ0n) is 19.0. The maximum atomic E-state index is 6.10. The minimum atomic E-state index is -0.0302. The summed E-state index contributed by atoms with van der Waals surface area (Å²) in [5.41, 5.74) is 9.07. The monoisotopic (exact) mass is 446 g/mol. The maximum Gasteiger partial charge on any atom is 0.185 e. The van der Waals surface area contributed by atoms with Crippen LogP contribution in [0.25, 0.3) is 10.4 Å². The number of piperidine rings is 1. The first kappa shape index (κ1) is 22.2. The summed E-state index contributed by atoms with van der Waals surface area (Å²) < 4.78 is 6.05. The lowest BCUT2D eigenvalue weighted by molar-refractivity contribution is 0.307. The quantitative estimate of drug-likeness (QED) is 0.505. The third-order valence-electron chi connectivity index (χ3n) is 5.19. The van der Waals surface area contributed by atoms with E-state index in [-0.39, 0.29) is 5.41 Å². The van der Waals surface area contributed by atoms with Crippen LogP contribution in [0.5, 0.6) is 5.75 Å². The fourth-order valence-corrected chi connectivity index (χ4v) is 4.44. The van der Waals surface area contributed by atoms with Gasteiger partial charge in [0.15, 0.2) is 16.7 Å². The van der Waals surface area contributed by atoms with E-state index in [0.717, 1.165) is 39.8 Å². The lowest BCUT2D eigenvalue weighted by Crippen LogP contribution is -2.29. The number of nitrogens with zero attached hydrogens (tertiary/aromatic N) is 3. The fraction of sp³-hybridized carbons (Fsp3) is 0.385. The predicted molar refractivity (Wildman–Crippen MR) is 133 cm³/mol. The Balaban J connectivity index is 1.47. The SMILES string of the molecule is CC(C)(C)C#Cc1cccc(COc2cc(-c3cnc(N4CCCCC4)s3)cnc2N)c1. The summed E-state index contributed by atoms with van der Waals surface area (Å²) in [5, 5.41) is 1.08. The van der Waals surface area contributed by atoms with Crippen LogP contribution in [-0.4, -0.2) is 23.1 Å². The second kappa shape index (κ2) is 9.62. The van der Waals surface area contributed by atoms with Crippen molar-refractivity contribution in [2.24, 2.45) is 5.41 Å². The van der Waals surface area contributed by atoms with E-state index < -0.39 is 0 Å². The van der Waals surface area contributed by atoms with Crippen LogP contribution in [-0.2, 0) is 6.61 Å². The predicted octanol–water partition coefficient (Wildman–Crippen LogP) is 5.75. The molecule has 2 N–H and O–H groups in total. The Labute approximate surface area is 194 Å². The third kappa shape index (κ3) is 5.80. The molecule has 0 amide bonds. The minimum Gasteiger partial charge on any atom is -0.485 e. The molecule has 0 atom stereocenters. The molecule has 0 spiro atoms. The van der Waals surface area contributed by atoms with Crippen LogP contribution in [0.15, 0.2) is 42.7 Å². The Kier molecular flexibility index (Phi) is 6.66. The van der Waals surface area contributed by atoms with Crippen LogP contribution in [0, 0.1) is 17.3 Å². The Morgan fingerprint density at radius 3 is 2.69 bits per heavy atom. The van der Waals surface area contributed by atoms with E-state index in [1.165, 1.54) is 19.3 Å². The highest BCUT2D eigenvalue weighted by Gasteiger charge is 2.16. The minimum absolute atomic E-state index is 0.0302. The van der Waals surface area contributed by atoms with Gasteiger partial charge in [0, 0.05) is 42.0 Å². The highest BCUT2D eigenvalue weighted by molar-refractivity contribution is 7.18. The number of benzene rings is 1. The van der Waals surface area contributed by atoms with E-state index in [1.54, 1.807) is 17.5 Å². The molecular formula is C26H30N4OS. The molecule has 166 valence electrons. The van der Waals surface area contributed by atoms with Crippen LogP contribution in [0.4, 0.5) is 10.9 Å². The standard InChI is InChI=1S/C26H30N4OS/c1-26(2,3)11-10-19-8-7-9-20(14-19)18-31-22-15-21(16-28-24(22)27)23-17-29-25(32-23)30-12-5-4-6-13-30/h7-9,14-17H,4-6,12-13,18H2,1-3H3,(H2,27,28). The lowest BCUT2D eigenvalue weighted by Gasteiger charge is -2.25. The van der Waals surface area contributed by atoms with Crippen molar-refractivity contribution in [1.82, 2.24) is 9.97 Å². The average molecular weight is 447 g/mol. The average Bonchev–Trinajstić information content (AvgIpc) is 3.28. The number of anilines is 2. The van der Waals surface area contributed by atoms with Gasteiger partial charge in [0.05, 0.1) is 4.88 Å². The number of nitrogens with two attached hydrogens (primary N) is 1. The highest BCUT2D eigenvalue weighted by atomic mass is 32.1. The summed E-state index contributed by atoms with van der Waals surface area (Å²) >= 11 is 1.69. The number of thiazole rings is 1. The van der Waals surface area contributed by atoms with E-state index in [2.05, 4.69) is 53.5 Å². The van der Waals surface area contributed by atoms with Gasteiger partial charge in [0.1, 0.15) is 6.61 Å². The number of aromatic nitrogens is 2. The number of hydrogen-bond donors (Lipinski definition) is 1. The number of ether oxygens (including phenoxy) is 1. The van der Waals surface area contributed by atoms with Gasteiger partial charge >= 0.3 is 0 Å². The summed E-state index contributed by atoms with van der Waals surface area (Å²) in [6.45, 7) is 8.89. The molecular weight excluding hydrogens is 416 g/mol. The highest BCUT2D eigenvalue weighted by Crippen LogP contribution is 2.35. The molecule has 3 heterocycles. The van der Waals surface area contributed by atoms with E-state index in [1.807, 2.05) is 30.5 Å². The van der Waals surface area contributed by atoms with Gasteiger partial charge in [-0.25, -0.2) is 9.97 Å². The molecule has 0 radical (unpaired) electrons. The molecule has 4 rings (SSSR count). The van der Waals surface area contributed by atoms with Crippen LogP contribution in [0.1, 0.15) is 51.2 Å². The number of rotatable bonds is 5. The molecule has 0 unspecified atom stereocenters. The van der Waals surface area contributed by atoms with Crippen LogP contribution in [0.3, 0.4) is 0 Å². The van der Waals surface area contributed by atoms with Crippen molar-refractivity contribution in [1.29, 1.82) is 0 Å². The first-order valence-corrected chi connectivity index (χ1v) is 11.9. The number of nitrogen functional groups attached to an aromatic ring is 1. The maximum absolute atomic E-state index is 6.10. The largest absolute Gasteiger partial charge is 0.485 e. The van der Waals surface area contributed by atoms with Gasteiger partial charge in [-0.1, -0.05) is 35.3 Å². The molecule has 6 heteroatoms. The molecule has 0 aliphatic carbocycles. The smallest absolute Gasteiger partial charge is 0.185 e. The second-order valence-electron chi connectivity index (χ2n) is 9.15. The lowest BCUT2D eigenvalue weighted by atomic mass is 9.97. The van der Waals surface area contributed by atoms with E-state index in [9.17, 15) is 0 Å². The van der Waals surface area contributed by atoms with E-state index in [0.29, 0.717) is 18.2 Å². The van der Waals surface area contributed by atoms with Gasteiger partial charge in [0.25, 0.3) is 0 Å². The molecule has 1 aliphatic rings. The Hall–Kier alpha value is -3.04. The topological polar surface area (TPSA) is 64.3 Å². The normalized spacial score (nSPS) is 14.0.